The molecule has 7 heteroatoms. The Hall–Kier alpha value is -1.63. The molecule has 7 nitrogen and oxygen atoms in total. The Morgan fingerprint density at radius 2 is 2.00 bits per heavy atom. The average Bonchev–Trinajstić information content (AvgIpc) is 2.80. The van der Waals surface area contributed by atoms with Crippen LogP contribution in [-0.4, -0.2) is 58.8 Å². The van der Waals surface area contributed by atoms with Crippen LogP contribution in [0.25, 0.3) is 0 Å². The molecule has 0 aromatic carbocycles. The van der Waals surface area contributed by atoms with Gasteiger partial charge in [0.1, 0.15) is 0 Å². The monoisotopic (exact) mass is 294 g/mol. The van der Waals surface area contributed by atoms with Crippen molar-refractivity contribution >= 4 is 6.03 Å². The Balaban J connectivity index is 1.79. The minimum Gasteiger partial charge on any atom is -0.378 e. The highest BCUT2D eigenvalue weighted by Gasteiger charge is 2.33. The van der Waals surface area contributed by atoms with Crippen molar-refractivity contribution < 1.29 is 14.1 Å². The van der Waals surface area contributed by atoms with Crippen LogP contribution in [0.2, 0.25) is 0 Å². The number of amides is 2. The summed E-state index contributed by atoms with van der Waals surface area (Å²) in [6.45, 7) is 5.09. The van der Waals surface area contributed by atoms with Crippen LogP contribution in [0, 0.1) is 6.92 Å². The van der Waals surface area contributed by atoms with Gasteiger partial charge in [-0.2, -0.15) is 4.98 Å². The number of rotatable bonds is 1. The van der Waals surface area contributed by atoms with Crippen LogP contribution in [0.1, 0.15) is 43.4 Å². The number of aromatic nitrogens is 2. The summed E-state index contributed by atoms with van der Waals surface area (Å²) in [5, 5.41) is 4.04. The summed E-state index contributed by atoms with van der Waals surface area (Å²) >= 11 is 0. The van der Waals surface area contributed by atoms with Crippen LogP contribution < -0.4 is 0 Å². The normalized spacial score (nSPS) is 24.0. The number of morpholine rings is 1. The first-order valence-corrected chi connectivity index (χ1v) is 7.69. The van der Waals surface area contributed by atoms with E-state index in [-0.39, 0.29) is 12.1 Å². The summed E-state index contributed by atoms with van der Waals surface area (Å²) in [4.78, 5) is 20.9. The van der Waals surface area contributed by atoms with Crippen LogP contribution in [-0.2, 0) is 4.74 Å². The first-order chi connectivity index (χ1) is 10.3. The van der Waals surface area contributed by atoms with Gasteiger partial charge in [0.05, 0.1) is 19.3 Å². The predicted octanol–water partition coefficient (Wildman–Crippen LogP) is 1.75. The highest BCUT2D eigenvalue weighted by molar-refractivity contribution is 5.75. The predicted molar refractivity (Wildman–Crippen MR) is 74.7 cm³/mol. The first kappa shape index (κ1) is 14.3. The van der Waals surface area contributed by atoms with Crippen molar-refractivity contribution in [2.24, 2.45) is 0 Å². The summed E-state index contributed by atoms with van der Waals surface area (Å²) in [6, 6.07) is 0.00736. The quantitative estimate of drug-likeness (QED) is 0.789. The van der Waals surface area contributed by atoms with Crippen molar-refractivity contribution in [1.29, 1.82) is 0 Å². The largest absolute Gasteiger partial charge is 0.378 e. The Labute approximate surface area is 124 Å². The number of aryl methyl sites for hydroxylation is 1. The number of likely N-dealkylation sites (tertiary alicyclic amines) is 1. The molecule has 21 heavy (non-hydrogen) atoms. The summed E-state index contributed by atoms with van der Waals surface area (Å²) in [5.41, 5.74) is 0. The van der Waals surface area contributed by atoms with Crippen molar-refractivity contribution in [2.45, 2.75) is 38.6 Å². The molecule has 0 unspecified atom stereocenters. The lowest BCUT2D eigenvalue weighted by Crippen LogP contribution is -2.49. The van der Waals surface area contributed by atoms with Gasteiger partial charge in [-0.15, -0.1) is 0 Å². The minimum atomic E-state index is -0.0692. The maximum Gasteiger partial charge on any atom is 0.320 e. The number of ether oxygens (including phenoxy) is 1. The van der Waals surface area contributed by atoms with Gasteiger partial charge >= 0.3 is 6.03 Å². The minimum absolute atomic E-state index is 0.0692. The van der Waals surface area contributed by atoms with E-state index in [4.69, 9.17) is 9.26 Å². The van der Waals surface area contributed by atoms with Crippen molar-refractivity contribution in [2.75, 3.05) is 32.8 Å². The number of hydrogen-bond acceptors (Lipinski definition) is 5. The lowest BCUT2D eigenvalue weighted by atomic mass is 10.1. The fourth-order valence-electron chi connectivity index (χ4n) is 2.99. The molecular formula is C14H22N4O3. The lowest BCUT2D eigenvalue weighted by molar-refractivity contribution is 0.0387. The number of nitrogens with zero attached hydrogens (tertiary/aromatic N) is 4. The number of urea groups is 1. The molecule has 2 aliphatic rings. The fraction of sp³-hybridized carbons (Fsp3) is 0.786. The third-order valence-corrected chi connectivity index (χ3v) is 4.12. The Morgan fingerprint density at radius 3 is 2.71 bits per heavy atom. The zero-order chi connectivity index (χ0) is 14.7. The molecule has 0 aliphatic carbocycles. The maximum absolute atomic E-state index is 12.8. The SMILES string of the molecule is Cc1nc([C@H]2CCCCCN2C(=O)N2CCOCC2)no1. The number of carbonyl (C=O) groups is 1. The van der Waals surface area contributed by atoms with E-state index in [0.717, 1.165) is 32.2 Å². The molecular weight excluding hydrogens is 272 g/mol. The van der Waals surface area contributed by atoms with E-state index in [1.165, 1.54) is 0 Å². The molecule has 116 valence electrons. The second-order valence-corrected chi connectivity index (χ2v) is 5.61. The summed E-state index contributed by atoms with van der Waals surface area (Å²) in [5.74, 6) is 1.18. The van der Waals surface area contributed by atoms with Crippen molar-refractivity contribution in [3.05, 3.63) is 11.7 Å². The highest BCUT2D eigenvalue weighted by atomic mass is 16.5. The molecule has 0 saturated carbocycles. The van der Waals surface area contributed by atoms with Gasteiger partial charge in [-0.3, -0.25) is 0 Å². The molecule has 1 aromatic heterocycles. The smallest absolute Gasteiger partial charge is 0.320 e. The molecule has 1 aromatic rings. The topological polar surface area (TPSA) is 71.7 Å². The van der Waals surface area contributed by atoms with E-state index in [9.17, 15) is 4.79 Å². The van der Waals surface area contributed by atoms with Gasteiger partial charge in [-0.1, -0.05) is 18.0 Å². The molecule has 2 amide bonds. The van der Waals surface area contributed by atoms with E-state index >= 15 is 0 Å². The third kappa shape index (κ3) is 3.18. The Morgan fingerprint density at radius 1 is 1.19 bits per heavy atom. The second kappa shape index (κ2) is 6.43. The standard InChI is InChI=1S/C14H22N4O3/c1-11-15-13(16-21-11)12-5-3-2-4-6-18(12)14(19)17-7-9-20-10-8-17/h12H,2-10H2,1H3/t12-/m1/s1. The van der Waals surface area contributed by atoms with E-state index in [1.54, 1.807) is 6.92 Å². The molecule has 2 aliphatic heterocycles. The molecule has 2 fully saturated rings. The van der Waals surface area contributed by atoms with E-state index in [2.05, 4.69) is 10.1 Å². The van der Waals surface area contributed by atoms with E-state index in [1.807, 2.05) is 9.80 Å². The van der Waals surface area contributed by atoms with Gasteiger partial charge in [-0.05, 0) is 12.8 Å². The summed E-state index contributed by atoms with van der Waals surface area (Å²) in [6.07, 6.45) is 4.16. The van der Waals surface area contributed by atoms with Gasteiger partial charge < -0.3 is 19.1 Å². The van der Waals surface area contributed by atoms with Crippen molar-refractivity contribution in [3.63, 3.8) is 0 Å². The van der Waals surface area contributed by atoms with Gasteiger partial charge in [0.25, 0.3) is 0 Å². The zero-order valence-corrected chi connectivity index (χ0v) is 12.5. The van der Waals surface area contributed by atoms with Crippen LogP contribution in [0.3, 0.4) is 0 Å². The van der Waals surface area contributed by atoms with Gasteiger partial charge in [0.2, 0.25) is 5.89 Å². The first-order valence-electron chi connectivity index (χ1n) is 7.69. The Bertz CT molecular complexity index is 484. The van der Waals surface area contributed by atoms with Gasteiger partial charge in [0, 0.05) is 26.6 Å². The molecule has 1 atom stereocenters. The fourth-order valence-corrected chi connectivity index (χ4v) is 2.99. The zero-order valence-electron chi connectivity index (χ0n) is 12.5. The molecule has 0 radical (unpaired) electrons. The summed E-state index contributed by atoms with van der Waals surface area (Å²) < 4.78 is 10.4. The lowest BCUT2D eigenvalue weighted by Gasteiger charge is -2.35. The number of carbonyl (C=O) groups excluding carboxylic acids is 1. The molecule has 0 spiro atoms. The van der Waals surface area contributed by atoms with E-state index < -0.39 is 0 Å². The summed E-state index contributed by atoms with van der Waals surface area (Å²) in [7, 11) is 0. The van der Waals surface area contributed by atoms with Crippen LogP contribution in [0.5, 0.6) is 0 Å². The molecule has 3 heterocycles. The molecule has 0 N–H and O–H groups in total. The molecule has 2 saturated heterocycles. The number of hydrogen-bond donors (Lipinski definition) is 0. The Kier molecular flexibility index (Phi) is 4.38. The molecule has 3 rings (SSSR count). The second-order valence-electron chi connectivity index (χ2n) is 5.61. The van der Waals surface area contributed by atoms with E-state index in [0.29, 0.717) is 38.0 Å². The van der Waals surface area contributed by atoms with Gasteiger partial charge in [-0.25, -0.2) is 4.79 Å². The third-order valence-electron chi connectivity index (χ3n) is 4.12. The van der Waals surface area contributed by atoms with Gasteiger partial charge in [0.15, 0.2) is 5.82 Å². The average molecular weight is 294 g/mol. The van der Waals surface area contributed by atoms with Crippen LogP contribution in [0.4, 0.5) is 4.79 Å². The maximum atomic E-state index is 12.8. The van der Waals surface area contributed by atoms with Crippen molar-refractivity contribution in [3.8, 4) is 0 Å². The van der Waals surface area contributed by atoms with Crippen molar-refractivity contribution in [1.82, 2.24) is 19.9 Å². The molecule has 0 bridgehead atoms. The van der Waals surface area contributed by atoms with Crippen LogP contribution >= 0.6 is 0 Å². The van der Waals surface area contributed by atoms with Crippen LogP contribution in [0.15, 0.2) is 4.52 Å². The highest BCUT2D eigenvalue weighted by Crippen LogP contribution is 2.29.